The minimum Gasteiger partial charge on any atom is -0.463 e. The van der Waals surface area contributed by atoms with Gasteiger partial charge in [-0.15, -0.1) is 0 Å². The number of hydrogen-bond donors (Lipinski definition) is 1. The summed E-state index contributed by atoms with van der Waals surface area (Å²) in [5.41, 5.74) is 6.53. The maximum Gasteiger partial charge on any atom is 0.373 e. The van der Waals surface area contributed by atoms with Crippen LogP contribution in [0.4, 0.5) is 4.39 Å². The quantitative estimate of drug-likeness (QED) is 0.880. The Morgan fingerprint density at radius 1 is 1.42 bits per heavy atom. The summed E-state index contributed by atoms with van der Waals surface area (Å²) in [7, 11) is 1.26. The first-order valence-electron chi connectivity index (χ1n) is 5.42. The molecular formula is C13H11BrFNO3. The fourth-order valence-electron chi connectivity index (χ4n) is 1.64. The molecule has 0 fully saturated rings. The summed E-state index contributed by atoms with van der Waals surface area (Å²) >= 11 is 3.14. The van der Waals surface area contributed by atoms with Crippen LogP contribution in [0.5, 0.6) is 0 Å². The lowest BCUT2D eigenvalue weighted by Gasteiger charge is -2.11. The Kier molecular flexibility index (Phi) is 4.01. The van der Waals surface area contributed by atoms with E-state index >= 15 is 0 Å². The van der Waals surface area contributed by atoms with Crippen molar-refractivity contribution >= 4 is 21.9 Å². The van der Waals surface area contributed by atoms with Gasteiger partial charge in [0.1, 0.15) is 11.6 Å². The second-order valence-corrected chi connectivity index (χ2v) is 4.61. The van der Waals surface area contributed by atoms with Crippen molar-refractivity contribution in [3.63, 3.8) is 0 Å². The van der Waals surface area contributed by atoms with Crippen LogP contribution in [0.1, 0.15) is 27.9 Å². The van der Waals surface area contributed by atoms with Crippen molar-refractivity contribution in [2.75, 3.05) is 7.11 Å². The second-order valence-electron chi connectivity index (χ2n) is 3.81. The number of carbonyl (C=O) groups is 1. The van der Waals surface area contributed by atoms with Gasteiger partial charge in [-0.3, -0.25) is 0 Å². The Balaban J connectivity index is 2.34. The van der Waals surface area contributed by atoms with Crippen LogP contribution in [0.15, 0.2) is 39.2 Å². The summed E-state index contributed by atoms with van der Waals surface area (Å²) in [4.78, 5) is 11.3. The third kappa shape index (κ3) is 2.69. The van der Waals surface area contributed by atoms with E-state index in [-0.39, 0.29) is 10.2 Å². The summed E-state index contributed by atoms with van der Waals surface area (Å²) in [6.45, 7) is 0. The zero-order valence-electron chi connectivity index (χ0n) is 10.0. The molecule has 2 aromatic rings. The number of methoxy groups -OCH3 is 1. The van der Waals surface area contributed by atoms with Crippen LogP contribution < -0.4 is 5.73 Å². The van der Waals surface area contributed by atoms with E-state index in [0.717, 1.165) is 0 Å². The van der Waals surface area contributed by atoms with Gasteiger partial charge in [0, 0.05) is 0 Å². The van der Waals surface area contributed by atoms with Crippen LogP contribution in [0.3, 0.4) is 0 Å². The molecule has 0 aliphatic heterocycles. The highest BCUT2D eigenvalue weighted by Gasteiger charge is 2.20. The van der Waals surface area contributed by atoms with Crippen molar-refractivity contribution in [1.82, 2.24) is 0 Å². The number of nitrogens with two attached hydrogens (primary N) is 1. The number of furan rings is 1. The molecular weight excluding hydrogens is 317 g/mol. The van der Waals surface area contributed by atoms with Gasteiger partial charge >= 0.3 is 5.97 Å². The molecule has 1 aromatic heterocycles. The largest absolute Gasteiger partial charge is 0.463 e. The predicted molar refractivity (Wildman–Crippen MR) is 70.2 cm³/mol. The molecule has 1 unspecified atom stereocenters. The molecule has 6 heteroatoms. The van der Waals surface area contributed by atoms with Crippen LogP contribution in [0.2, 0.25) is 0 Å². The molecule has 2 rings (SSSR count). The fourth-order valence-corrected chi connectivity index (χ4v) is 2.16. The summed E-state index contributed by atoms with van der Waals surface area (Å²) in [5, 5.41) is 0. The number of halogens is 2. The Morgan fingerprint density at radius 2 is 2.16 bits per heavy atom. The molecule has 0 saturated carbocycles. The van der Waals surface area contributed by atoms with Crippen LogP contribution >= 0.6 is 15.9 Å². The molecule has 19 heavy (non-hydrogen) atoms. The van der Waals surface area contributed by atoms with E-state index in [1.165, 1.54) is 19.2 Å². The van der Waals surface area contributed by atoms with Gasteiger partial charge in [-0.1, -0.05) is 12.1 Å². The first-order chi connectivity index (χ1) is 9.04. The van der Waals surface area contributed by atoms with E-state index in [2.05, 4.69) is 20.7 Å². The number of esters is 1. The molecule has 0 bridgehead atoms. The van der Waals surface area contributed by atoms with E-state index < -0.39 is 17.8 Å². The molecule has 1 atom stereocenters. The standard InChI is InChI=1S/C13H11BrFNO3/c1-18-13(17)10-6-5-9(19-10)12(16)7-3-2-4-8(15)11(7)14/h2-6,12H,16H2,1H3. The summed E-state index contributed by atoms with van der Waals surface area (Å²) in [6.07, 6.45) is 0. The van der Waals surface area contributed by atoms with Gasteiger partial charge in [0.15, 0.2) is 0 Å². The number of hydrogen-bond acceptors (Lipinski definition) is 4. The molecule has 4 nitrogen and oxygen atoms in total. The molecule has 1 aromatic carbocycles. The third-order valence-corrected chi connectivity index (χ3v) is 3.47. The summed E-state index contributed by atoms with van der Waals surface area (Å²) < 4.78 is 23.6. The van der Waals surface area contributed by atoms with Gasteiger partial charge in [-0.2, -0.15) is 0 Å². The first-order valence-corrected chi connectivity index (χ1v) is 6.21. The Bertz CT molecular complexity index is 612. The Morgan fingerprint density at radius 3 is 2.84 bits per heavy atom. The molecule has 0 spiro atoms. The van der Waals surface area contributed by atoms with Crippen molar-refractivity contribution in [1.29, 1.82) is 0 Å². The maximum atomic E-state index is 13.4. The SMILES string of the molecule is COC(=O)c1ccc(C(N)c2cccc(F)c2Br)o1. The average molecular weight is 328 g/mol. The lowest BCUT2D eigenvalue weighted by molar-refractivity contribution is 0.0562. The molecule has 100 valence electrons. The van der Waals surface area contributed by atoms with Gasteiger partial charge in [-0.25, -0.2) is 9.18 Å². The van der Waals surface area contributed by atoms with Crippen LogP contribution in [0.25, 0.3) is 0 Å². The number of ether oxygens (including phenoxy) is 1. The molecule has 0 amide bonds. The van der Waals surface area contributed by atoms with Gasteiger partial charge < -0.3 is 14.9 Å². The molecule has 1 heterocycles. The summed E-state index contributed by atoms with van der Waals surface area (Å²) in [5.74, 6) is -0.586. The molecule has 0 aliphatic carbocycles. The highest BCUT2D eigenvalue weighted by molar-refractivity contribution is 9.10. The van der Waals surface area contributed by atoms with E-state index in [4.69, 9.17) is 10.2 Å². The van der Waals surface area contributed by atoms with Crippen molar-refractivity contribution in [2.24, 2.45) is 5.73 Å². The van der Waals surface area contributed by atoms with E-state index in [0.29, 0.717) is 11.3 Å². The van der Waals surface area contributed by atoms with Gasteiger partial charge in [0.05, 0.1) is 17.6 Å². The van der Waals surface area contributed by atoms with Crippen molar-refractivity contribution in [3.8, 4) is 0 Å². The monoisotopic (exact) mass is 327 g/mol. The number of benzene rings is 1. The first kappa shape index (κ1) is 13.8. The smallest absolute Gasteiger partial charge is 0.373 e. The van der Waals surface area contributed by atoms with Gasteiger partial charge in [0.2, 0.25) is 5.76 Å². The van der Waals surface area contributed by atoms with Crippen LogP contribution in [0, 0.1) is 5.82 Å². The lowest BCUT2D eigenvalue weighted by Crippen LogP contribution is -2.12. The molecule has 2 N–H and O–H groups in total. The van der Waals surface area contributed by atoms with E-state index in [1.54, 1.807) is 18.2 Å². The van der Waals surface area contributed by atoms with Crippen molar-refractivity contribution in [2.45, 2.75) is 6.04 Å². The van der Waals surface area contributed by atoms with Gasteiger partial charge in [0.25, 0.3) is 0 Å². The van der Waals surface area contributed by atoms with E-state index in [9.17, 15) is 9.18 Å². The fraction of sp³-hybridized carbons (Fsp3) is 0.154. The zero-order valence-corrected chi connectivity index (χ0v) is 11.6. The average Bonchev–Trinajstić information content (AvgIpc) is 2.90. The van der Waals surface area contributed by atoms with E-state index in [1.807, 2.05) is 0 Å². The normalized spacial score (nSPS) is 12.2. The Labute approximate surface area is 117 Å². The minimum atomic E-state index is -0.677. The Hall–Kier alpha value is -1.66. The van der Waals surface area contributed by atoms with Crippen molar-refractivity contribution < 1.29 is 18.3 Å². The van der Waals surface area contributed by atoms with Gasteiger partial charge in [-0.05, 0) is 39.7 Å². The van der Waals surface area contributed by atoms with Crippen molar-refractivity contribution in [3.05, 3.63) is 57.7 Å². The number of rotatable bonds is 3. The maximum absolute atomic E-state index is 13.4. The molecule has 0 saturated heterocycles. The lowest BCUT2D eigenvalue weighted by atomic mass is 10.1. The molecule has 0 radical (unpaired) electrons. The second kappa shape index (κ2) is 5.54. The minimum absolute atomic E-state index is 0.0560. The highest BCUT2D eigenvalue weighted by Crippen LogP contribution is 2.29. The third-order valence-electron chi connectivity index (χ3n) is 2.64. The predicted octanol–water partition coefficient (Wildman–Crippen LogP) is 3.02. The number of carbonyl (C=O) groups excluding carboxylic acids is 1. The molecule has 0 aliphatic rings. The van der Waals surface area contributed by atoms with Crippen LogP contribution in [-0.4, -0.2) is 13.1 Å². The topological polar surface area (TPSA) is 65.5 Å². The summed E-state index contributed by atoms with van der Waals surface area (Å²) in [6, 6.07) is 6.91. The zero-order chi connectivity index (χ0) is 14.0. The van der Waals surface area contributed by atoms with Crippen LogP contribution in [-0.2, 0) is 4.74 Å². The highest BCUT2D eigenvalue weighted by atomic mass is 79.9.